The lowest BCUT2D eigenvalue weighted by Gasteiger charge is -2.39. The van der Waals surface area contributed by atoms with Gasteiger partial charge < -0.3 is 9.84 Å². The van der Waals surface area contributed by atoms with Gasteiger partial charge >= 0.3 is 5.97 Å². The van der Waals surface area contributed by atoms with Crippen LogP contribution in [0.1, 0.15) is 24.8 Å². The minimum Gasteiger partial charge on any atom is -0.495 e. The van der Waals surface area contributed by atoms with Gasteiger partial charge in [-0.2, -0.15) is 0 Å². The molecule has 1 aromatic carbocycles. The second-order valence-corrected chi connectivity index (χ2v) is 6.80. The Morgan fingerprint density at radius 1 is 1.37 bits per heavy atom. The fourth-order valence-corrected chi connectivity index (χ4v) is 3.74. The van der Waals surface area contributed by atoms with Gasteiger partial charge in [0, 0.05) is 6.26 Å². The maximum absolute atomic E-state index is 12.0. The van der Waals surface area contributed by atoms with Crippen molar-refractivity contribution in [3.63, 3.8) is 0 Å². The largest absolute Gasteiger partial charge is 0.495 e. The Morgan fingerprint density at radius 3 is 2.37 bits per heavy atom. The zero-order valence-corrected chi connectivity index (χ0v) is 11.7. The standard InChI is InChI=1S/C13H16O5S/c1-18-10-6-3-5-9(11(10)19(2,16)17)13(12(14)15)7-4-8-13/h3,5-6H,4,7-8H2,1-2H3,(H,14,15). The summed E-state index contributed by atoms with van der Waals surface area (Å²) in [5, 5.41) is 9.46. The second kappa shape index (κ2) is 4.52. The number of sulfone groups is 1. The number of carbonyl (C=O) groups is 1. The molecule has 0 radical (unpaired) electrons. The Labute approximate surface area is 112 Å². The van der Waals surface area contributed by atoms with E-state index in [1.165, 1.54) is 13.2 Å². The fraction of sp³-hybridized carbons (Fsp3) is 0.462. The third-order valence-electron chi connectivity index (χ3n) is 3.70. The molecule has 1 aromatic rings. The van der Waals surface area contributed by atoms with Gasteiger partial charge in [0.15, 0.2) is 9.84 Å². The molecule has 104 valence electrons. The summed E-state index contributed by atoms with van der Waals surface area (Å²) in [6.07, 6.45) is 2.77. The monoisotopic (exact) mass is 284 g/mol. The molecule has 0 unspecified atom stereocenters. The summed E-state index contributed by atoms with van der Waals surface area (Å²) >= 11 is 0. The van der Waals surface area contributed by atoms with Crippen LogP contribution < -0.4 is 4.74 Å². The number of rotatable bonds is 4. The first kappa shape index (κ1) is 13.9. The molecule has 5 nitrogen and oxygen atoms in total. The topological polar surface area (TPSA) is 80.7 Å². The molecule has 0 heterocycles. The average Bonchev–Trinajstić information content (AvgIpc) is 2.25. The fourth-order valence-electron chi connectivity index (χ4n) is 2.56. The molecular weight excluding hydrogens is 268 g/mol. The smallest absolute Gasteiger partial charge is 0.314 e. The van der Waals surface area contributed by atoms with E-state index in [9.17, 15) is 18.3 Å². The van der Waals surface area contributed by atoms with E-state index in [1.807, 2.05) is 0 Å². The van der Waals surface area contributed by atoms with Gasteiger partial charge in [0.05, 0.1) is 12.5 Å². The molecule has 19 heavy (non-hydrogen) atoms. The van der Waals surface area contributed by atoms with Crippen molar-refractivity contribution in [3.05, 3.63) is 23.8 Å². The van der Waals surface area contributed by atoms with Crippen molar-refractivity contribution in [2.45, 2.75) is 29.6 Å². The molecule has 6 heteroatoms. The third-order valence-corrected chi connectivity index (χ3v) is 4.86. The molecule has 1 fully saturated rings. The van der Waals surface area contributed by atoms with Crippen LogP contribution in [0.4, 0.5) is 0 Å². The summed E-state index contributed by atoms with van der Waals surface area (Å²) in [5.74, 6) is -0.774. The van der Waals surface area contributed by atoms with E-state index < -0.39 is 21.2 Å². The van der Waals surface area contributed by atoms with Crippen LogP contribution in [0.25, 0.3) is 0 Å². The van der Waals surface area contributed by atoms with Gasteiger partial charge in [-0.25, -0.2) is 8.42 Å². The van der Waals surface area contributed by atoms with E-state index in [1.54, 1.807) is 12.1 Å². The minimum atomic E-state index is -3.56. The quantitative estimate of drug-likeness (QED) is 0.908. The number of ether oxygens (including phenoxy) is 1. The van der Waals surface area contributed by atoms with E-state index in [2.05, 4.69) is 0 Å². The predicted molar refractivity (Wildman–Crippen MR) is 69.3 cm³/mol. The average molecular weight is 284 g/mol. The van der Waals surface area contributed by atoms with Crippen LogP contribution in [0, 0.1) is 0 Å². The first-order valence-corrected chi connectivity index (χ1v) is 7.83. The van der Waals surface area contributed by atoms with Gasteiger partial charge in [0.25, 0.3) is 0 Å². The van der Waals surface area contributed by atoms with Crippen molar-refractivity contribution in [1.29, 1.82) is 0 Å². The molecule has 0 bridgehead atoms. The highest BCUT2D eigenvalue weighted by atomic mass is 32.2. The first-order valence-electron chi connectivity index (χ1n) is 5.94. The normalized spacial score (nSPS) is 17.6. The molecule has 0 saturated heterocycles. The highest BCUT2D eigenvalue weighted by molar-refractivity contribution is 7.90. The van der Waals surface area contributed by atoms with Crippen molar-refractivity contribution in [1.82, 2.24) is 0 Å². The van der Waals surface area contributed by atoms with Gasteiger partial charge in [-0.15, -0.1) is 0 Å². The van der Waals surface area contributed by atoms with E-state index in [-0.39, 0.29) is 10.6 Å². The highest BCUT2D eigenvalue weighted by Crippen LogP contribution is 2.47. The number of aliphatic carboxylic acids is 1. The molecule has 0 aromatic heterocycles. The minimum absolute atomic E-state index is 0.000370. The zero-order chi connectivity index (χ0) is 14.3. The van der Waals surface area contributed by atoms with Crippen molar-refractivity contribution in [2.24, 2.45) is 0 Å². The van der Waals surface area contributed by atoms with Crippen LogP contribution in [0.5, 0.6) is 5.75 Å². The third kappa shape index (κ3) is 2.10. The van der Waals surface area contributed by atoms with Crippen LogP contribution in [0.15, 0.2) is 23.1 Å². The van der Waals surface area contributed by atoms with E-state index >= 15 is 0 Å². The number of methoxy groups -OCH3 is 1. The number of carboxylic acids is 1. The zero-order valence-electron chi connectivity index (χ0n) is 10.8. The number of hydrogen-bond donors (Lipinski definition) is 1. The number of hydrogen-bond acceptors (Lipinski definition) is 4. The summed E-state index contributed by atoms with van der Waals surface area (Å²) in [6, 6.07) is 4.74. The summed E-state index contributed by atoms with van der Waals surface area (Å²) in [5.41, 5.74) is -0.749. The molecule has 0 spiro atoms. The van der Waals surface area contributed by atoms with Gasteiger partial charge in [0.1, 0.15) is 10.6 Å². The molecule has 2 rings (SSSR count). The Hall–Kier alpha value is -1.56. The van der Waals surface area contributed by atoms with E-state index in [4.69, 9.17) is 4.74 Å². The van der Waals surface area contributed by atoms with Crippen molar-refractivity contribution in [3.8, 4) is 5.75 Å². The molecule has 0 aliphatic heterocycles. The maximum Gasteiger partial charge on any atom is 0.314 e. The van der Waals surface area contributed by atoms with Crippen molar-refractivity contribution >= 4 is 15.8 Å². The Morgan fingerprint density at radius 2 is 2.00 bits per heavy atom. The van der Waals surface area contributed by atoms with Crippen LogP contribution in [-0.4, -0.2) is 32.9 Å². The lowest BCUT2D eigenvalue weighted by Crippen LogP contribution is -2.43. The Kier molecular flexibility index (Phi) is 3.30. The van der Waals surface area contributed by atoms with Crippen molar-refractivity contribution < 1.29 is 23.1 Å². The summed E-state index contributed by atoms with van der Waals surface area (Å²) in [4.78, 5) is 11.5. The summed E-state index contributed by atoms with van der Waals surface area (Å²) in [6.45, 7) is 0. The number of carboxylic acid groups (broad SMARTS) is 1. The lowest BCUT2D eigenvalue weighted by molar-refractivity contribution is -0.147. The molecule has 1 N–H and O–H groups in total. The van der Waals surface area contributed by atoms with Crippen LogP contribution in [-0.2, 0) is 20.0 Å². The lowest BCUT2D eigenvalue weighted by atomic mass is 9.64. The Bertz CT molecular complexity index is 614. The molecule has 0 atom stereocenters. The number of benzene rings is 1. The van der Waals surface area contributed by atoms with E-state index in [0.29, 0.717) is 18.4 Å². The second-order valence-electron chi connectivity index (χ2n) is 4.85. The molecule has 1 aliphatic carbocycles. The van der Waals surface area contributed by atoms with Gasteiger partial charge in [-0.1, -0.05) is 18.6 Å². The van der Waals surface area contributed by atoms with Crippen LogP contribution in [0.3, 0.4) is 0 Å². The molecule has 1 saturated carbocycles. The van der Waals surface area contributed by atoms with Crippen LogP contribution >= 0.6 is 0 Å². The molecule has 0 amide bonds. The molecular formula is C13H16O5S. The molecule has 1 aliphatic rings. The van der Waals surface area contributed by atoms with Gasteiger partial charge in [-0.05, 0) is 24.5 Å². The van der Waals surface area contributed by atoms with Gasteiger partial charge in [0.2, 0.25) is 0 Å². The van der Waals surface area contributed by atoms with Gasteiger partial charge in [-0.3, -0.25) is 4.79 Å². The summed E-state index contributed by atoms with van der Waals surface area (Å²) in [7, 11) is -2.18. The van der Waals surface area contributed by atoms with E-state index in [0.717, 1.165) is 12.7 Å². The SMILES string of the molecule is COc1cccc(C2(C(=O)O)CCC2)c1S(C)(=O)=O. The van der Waals surface area contributed by atoms with Crippen LogP contribution in [0.2, 0.25) is 0 Å². The first-order chi connectivity index (χ1) is 8.83. The highest BCUT2D eigenvalue weighted by Gasteiger charge is 2.48. The Balaban J connectivity index is 2.74. The van der Waals surface area contributed by atoms with Crippen molar-refractivity contribution in [2.75, 3.05) is 13.4 Å². The maximum atomic E-state index is 12.0. The predicted octanol–water partition coefficient (Wildman–Crippen LogP) is 1.60. The summed E-state index contributed by atoms with van der Waals surface area (Å²) < 4.78 is 29.0.